The normalized spacial score (nSPS) is 16.1. The number of hydrogen-bond acceptors (Lipinski definition) is 4. The first-order valence-corrected chi connectivity index (χ1v) is 7.92. The van der Waals surface area contributed by atoms with Gasteiger partial charge < -0.3 is 14.3 Å². The fourth-order valence-corrected chi connectivity index (χ4v) is 3.04. The lowest BCUT2D eigenvalue weighted by molar-refractivity contribution is 0.0935. The first-order chi connectivity index (χ1) is 10.2. The summed E-state index contributed by atoms with van der Waals surface area (Å²) in [4.78, 5) is 12.2. The Balaban J connectivity index is 1.77. The topological polar surface area (TPSA) is 73.0 Å². The maximum atomic E-state index is 12.2. The van der Waals surface area contributed by atoms with Crippen LogP contribution in [0.15, 0.2) is 21.4 Å². The zero-order valence-electron chi connectivity index (χ0n) is 11.8. The number of carbonyl (C=O) groups excluding carboxylic acids is 1. The van der Waals surface area contributed by atoms with Crippen molar-refractivity contribution in [3.8, 4) is 0 Å². The highest BCUT2D eigenvalue weighted by Crippen LogP contribution is 2.21. The number of rotatable bonds is 3. The molecule has 0 bridgehead atoms. The van der Waals surface area contributed by atoms with Crippen LogP contribution in [0.3, 0.4) is 0 Å². The number of halogens is 1. The minimum atomic E-state index is -0.196. The molecule has 1 amide bonds. The van der Waals surface area contributed by atoms with Crippen LogP contribution < -0.4 is 5.32 Å². The molecule has 2 aromatic heterocycles. The van der Waals surface area contributed by atoms with E-state index in [1.807, 2.05) is 6.92 Å². The summed E-state index contributed by atoms with van der Waals surface area (Å²) >= 11 is 3.22. The van der Waals surface area contributed by atoms with Gasteiger partial charge in [0.05, 0.1) is 17.9 Å². The molecule has 1 atom stereocenters. The maximum Gasteiger partial charge on any atom is 0.256 e. The first kappa shape index (κ1) is 14.3. The van der Waals surface area contributed by atoms with E-state index in [4.69, 9.17) is 4.42 Å². The largest absolute Gasteiger partial charge is 0.457 e. The summed E-state index contributed by atoms with van der Waals surface area (Å²) in [5, 5.41) is 11.5. The van der Waals surface area contributed by atoms with Gasteiger partial charge in [0, 0.05) is 13.0 Å². The summed E-state index contributed by atoms with van der Waals surface area (Å²) in [7, 11) is 0. The van der Waals surface area contributed by atoms with Crippen molar-refractivity contribution in [2.24, 2.45) is 0 Å². The molecule has 3 rings (SSSR count). The number of aromatic nitrogens is 3. The summed E-state index contributed by atoms with van der Waals surface area (Å²) in [5.41, 5.74) is 0.484. The van der Waals surface area contributed by atoms with Crippen LogP contribution in [0.4, 0.5) is 0 Å². The second-order valence-corrected chi connectivity index (χ2v) is 5.96. The third-order valence-electron chi connectivity index (χ3n) is 3.74. The lowest BCUT2D eigenvalue weighted by Gasteiger charge is -2.14. The van der Waals surface area contributed by atoms with Crippen molar-refractivity contribution < 1.29 is 9.21 Å². The van der Waals surface area contributed by atoms with Gasteiger partial charge >= 0.3 is 0 Å². The Kier molecular flexibility index (Phi) is 4.10. The van der Waals surface area contributed by atoms with Gasteiger partial charge in [0.1, 0.15) is 5.82 Å². The molecule has 0 saturated heterocycles. The number of nitrogens with one attached hydrogen (secondary N) is 1. The van der Waals surface area contributed by atoms with Crippen LogP contribution in [0, 0.1) is 0 Å². The molecule has 0 fully saturated rings. The van der Waals surface area contributed by atoms with E-state index in [9.17, 15) is 4.79 Å². The molecule has 2 aromatic rings. The first-order valence-electron chi connectivity index (χ1n) is 7.12. The number of carbonyl (C=O) groups is 1. The summed E-state index contributed by atoms with van der Waals surface area (Å²) in [6.07, 6.45) is 5.94. The summed E-state index contributed by atoms with van der Waals surface area (Å²) < 4.78 is 7.67. The number of aryl methyl sites for hydroxylation is 1. The molecular formula is C14H17BrN4O2. The molecule has 0 spiro atoms. The van der Waals surface area contributed by atoms with Crippen LogP contribution in [0.25, 0.3) is 0 Å². The zero-order chi connectivity index (χ0) is 14.8. The van der Waals surface area contributed by atoms with Gasteiger partial charge in [0.2, 0.25) is 0 Å². The Morgan fingerprint density at radius 1 is 1.43 bits per heavy atom. The van der Waals surface area contributed by atoms with Gasteiger partial charge in [-0.3, -0.25) is 4.79 Å². The second-order valence-electron chi connectivity index (χ2n) is 5.24. The van der Waals surface area contributed by atoms with Gasteiger partial charge in [0.15, 0.2) is 10.5 Å². The molecule has 0 aromatic carbocycles. The second kappa shape index (κ2) is 6.01. The lowest BCUT2D eigenvalue weighted by Crippen LogP contribution is -2.28. The zero-order valence-corrected chi connectivity index (χ0v) is 13.4. The minimum absolute atomic E-state index is 0.186. The van der Waals surface area contributed by atoms with Gasteiger partial charge in [-0.25, -0.2) is 0 Å². The molecule has 0 radical (unpaired) electrons. The Morgan fingerprint density at radius 3 is 3.05 bits per heavy atom. The molecule has 1 N–H and O–H groups in total. The van der Waals surface area contributed by atoms with Crippen LogP contribution in [0.5, 0.6) is 0 Å². The Bertz CT molecular complexity index is 649. The summed E-state index contributed by atoms with van der Waals surface area (Å²) in [6, 6.07) is 1.44. The van der Waals surface area contributed by atoms with E-state index in [1.165, 1.54) is 12.7 Å². The highest BCUT2D eigenvalue weighted by molar-refractivity contribution is 9.10. The average Bonchev–Trinajstić information content (AvgIpc) is 2.99. The molecule has 1 aliphatic heterocycles. The van der Waals surface area contributed by atoms with Gasteiger partial charge in [-0.15, -0.1) is 10.2 Å². The van der Waals surface area contributed by atoms with Crippen LogP contribution >= 0.6 is 15.9 Å². The smallest absolute Gasteiger partial charge is 0.256 e. The minimum Gasteiger partial charge on any atom is -0.457 e. The van der Waals surface area contributed by atoms with Crippen molar-refractivity contribution in [3.63, 3.8) is 0 Å². The highest BCUT2D eigenvalue weighted by Gasteiger charge is 2.22. The van der Waals surface area contributed by atoms with Crippen molar-refractivity contribution in [1.29, 1.82) is 0 Å². The van der Waals surface area contributed by atoms with Crippen molar-refractivity contribution in [2.75, 3.05) is 0 Å². The number of furan rings is 1. The van der Waals surface area contributed by atoms with E-state index >= 15 is 0 Å². The molecule has 0 saturated carbocycles. The van der Waals surface area contributed by atoms with E-state index in [-0.39, 0.29) is 11.9 Å². The van der Waals surface area contributed by atoms with E-state index in [0.717, 1.165) is 37.5 Å². The Hall–Kier alpha value is -1.63. The third-order valence-corrected chi connectivity index (χ3v) is 4.35. The van der Waals surface area contributed by atoms with Crippen LogP contribution in [0.1, 0.15) is 54.2 Å². The van der Waals surface area contributed by atoms with E-state index in [0.29, 0.717) is 10.2 Å². The molecule has 6 nitrogen and oxygen atoms in total. The molecule has 7 heteroatoms. The fraction of sp³-hybridized carbons (Fsp3) is 0.500. The molecule has 1 unspecified atom stereocenters. The number of nitrogens with zero attached hydrogens (tertiary/aromatic N) is 3. The SMILES string of the molecule is CC(NC(=O)c1ccoc1Br)c1nnc2n1CCCCC2. The van der Waals surface area contributed by atoms with E-state index in [1.54, 1.807) is 6.07 Å². The standard InChI is InChI=1S/C14H17BrN4O2/c1-9(16-14(20)10-6-8-21-12(10)15)13-18-17-11-5-3-2-4-7-19(11)13/h6,8-9H,2-5,7H2,1H3,(H,16,20). The van der Waals surface area contributed by atoms with Crippen LogP contribution in [-0.2, 0) is 13.0 Å². The van der Waals surface area contributed by atoms with Gasteiger partial charge in [0.25, 0.3) is 5.91 Å². The number of amides is 1. The van der Waals surface area contributed by atoms with Gasteiger partial charge in [-0.2, -0.15) is 0 Å². The monoisotopic (exact) mass is 352 g/mol. The fourth-order valence-electron chi connectivity index (χ4n) is 2.62. The predicted molar refractivity (Wildman–Crippen MR) is 79.9 cm³/mol. The van der Waals surface area contributed by atoms with Crippen LogP contribution in [0.2, 0.25) is 0 Å². The maximum absolute atomic E-state index is 12.2. The predicted octanol–water partition coefficient (Wildman–Crippen LogP) is 2.85. The molecule has 3 heterocycles. The number of hydrogen-bond donors (Lipinski definition) is 1. The molecule has 1 aliphatic rings. The Labute approximate surface area is 131 Å². The van der Waals surface area contributed by atoms with Gasteiger partial charge in [-0.05, 0) is 41.8 Å². The molecular weight excluding hydrogens is 336 g/mol. The quantitative estimate of drug-likeness (QED) is 0.921. The van der Waals surface area contributed by atoms with Crippen LogP contribution in [-0.4, -0.2) is 20.7 Å². The third kappa shape index (κ3) is 2.88. The Morgan fingerprint density at radius 2 is 2.29 bits per heavy atom. The van der Waals surface area contributed by atoms with Crippen molar-refractivity contribution in [2.45, 2.75) is 45.2 Å². The summed E-state index contributed by atoms with van der Waals surface area (Å²) in [5.74, 6) is 1.65. The van der Waals surface area contributed by atoms with Crippen molar-refractivity contribution >= 4 is 21.8 Å². The highest BCUT2D eigenvalue weighted by atomic mass is 79.9. The van der Waals surface area contributed by atoms with E-state index in [2.05, 4.69) is 36.0 Å². The van der Waals surface area contributed by atoms with Gasteiger partial charge in [-0.1, -0.05) is 6.42 Å². The van der Waals surface area contributed by atoms with E-state index < -0.39 is 0 Å². The average molecular weight is 353 g/mol. The molecule has 112 valence electrons. The van der Waals surface area contributed by atoms with Crippen molar-refractivity contribution in [1.82, 2.24) is 20.1 Å². The lowest BCUT2D eigenvalue weighted by atomic mass is 10.2. The molecule has 0 aliphatic carbocycles. The molecule has 21 heavy (non-hydrogen) atoms. The number of fused-ring (bicyclic) bond motifs is 1. The van der Waals surface area contributed by atoms with Crippen molar-refractivity contribution in [3.05, 3.63) is 34.2 Å². The summed E-state index contributed by atoms with van der Waals surface area (Å²) in [6.45, 7) is 2.85.